The Bertz CT molecular complexity index is 665. The Hall–Kier alpha value is -1.92. The predicted molar refractivity (Wildman–Crippen MR) is 109 cm³/mol. The van der Waals surface area contributed by atoms with Crippen molar-refractivity contribution < 1.29 is 14.7 Å². The molecule has 0 aliphatic carbocycles. The molecule has 0 aromatic heterocycles. The maximum atomic E-state index is 13.2. The first kappa shape index (κ1) is 20.8. The number of piperidine rings is 2. The van der Waals surface area contributed by atoms with E-state index >= 15 is 0 Å². The van der Waals surface area contributed by atoms with E-state index in [1.54, 1.807) is 4.90 Å². The van der Waals surface area contributed by atoms with E-state index in [1.807, 2.05) is 30.3 Å². The fourth-order valence-corrected chi connectivity index (χ4v) is 4.83. The Labute approximate surface area is 167 Å². The fraction of sp³-hybridized carbons (Fsp3) is 0.636. The van der Waals surface area contributed by atoms with Gasteiger partial charge < -0.3 is 20.6 Å². The molecule has 1 aromatic rings. The number of hydrogen-bond donors (Lipinski definition) is 2. The first-order valence-electron chi connectivity index (χ1n) is 10.4. The summed E-state index contributed by atoms with van der Waals surface area (Å²) in [6.45, 7) is 3.68. The number of hydrogen-bond acceptors (Lipinski definition) is 4. The molecule has 6 nitrogen and oxygen atoms in total. The van der Waals surface area contributed by atoms with Gasteiger partial charge in [-0.1, -0.05) is 30.3 Å². The molecule has 1 aromatic carbocycles. The van der Waals surface area contributed by atoms with Crippen LogP contribution < -0.4 is 5.73 Å². The molecule has 0 unspecified atom stereocenters. The van der Waals surface area contributed by atoms with Gasteiger partial charge in [-0.15, -0.1) is 0 Å². The van der Waals surface area contributed by atoms with Gasteiger partial charge in [0.25, 0.3) is 0 Å². The number of carboxylic acid groups (broad SMARTS) is 1. The van der Waals surface area contributed by atoms with Crippen molar-refractivity contribution in [2.75, 3.05) is 33.2 Å². The van der Waals surface area contributed by atoms with Crippen molar-refractivity contribution in [3.05, 3.63) is 35.9 Å². The largest absolute Gasteiger partial charge is 0.481 e. The summed E-state index contributed by atoms with van der Waals surface area (Å²) in [6.07, 6.45) is 4.36. The van der Waals surface area contributed by atoms with Gasteiger partial charge in [-0.05, 0) is 69.6 Å². The van der Waals surface area contributed by atoms with Crippen molar-refractivity contribution in [1.82, 2.24) is 9.80 Å². The van der Waals surface area contributed by atoms with E-state index in [9.17, 15) is 14.7 Å². The minimum atomic E-state index is -1.40. The number of nitrogens with two attached hydrogens (primary N) is 1. The molecule has 28 heavy (non-hydrogen) atoms. The van der Waals surface area contributed by atoms with Gasteiger partial charge in [0, 0.05) is 13.1 Å². The lowest BCUT2D eigenvalue weighted by Gasteiger charge is -2.41. The highest BCUT2D eigenvalue weighted by atomic mass is 16.4. The summed E-state index contributed by atoms with van der Waals surface area (Å²) in [4.78, 5) is 28.8. The zero-order chi connectivity index (χ0) is 20.1. The smallest absolute Gasteiger partial charge is 0.305 e. The lowest BCUT2D eigenvalue weighted by molar-refractivity contribution is -0.146. The van der Waals surface area contributed by atoms with Crippen LogP contribution in [0.1, 0.15) is 37.7 Å². The molecule has 0 spiro atoms. The zero-order valence-corrected chi connectivity index (χ0v) is 16.8. The van der Waals surface area contributed by atoms with Crippen LogP contribution in [0.2, 0.25) is 0 Å². The zero-order valence-electron chi connectivity index (χ0n) is 16.8. The molecule has 3 rings (SSSR count). The molecule has 2 heterocycles. The summed E-state index contributed by atoms with van der Waals surface area (Å²) in [6, 6.07) is 9.45. The minimum absolute atomic E-state index is 0.222. The quantitative estimate of drug-likeness (QED) is 0.779. The molecule has 2 fully saturated rings. The van der Waals surface area contributed by atoms with Crippen molar-refractivity contribution in [1.29, 1.82) is 0 Å². The number of aliphatic carboxylic acids is 1. The van der Waals surface area contributed by atoms with Gasteiger partial charge in [0.05, 0.1) is 6.42 Å². The average molecular weight is 388 g/mol. The maximum absolute atomic E-state index is 13.2. The molecular formula is C22H33N3O3. The monoisotopic (exact) mass is 387 g/mol. The van der Waals surface area contributed by atoms with Crippen LogP contribution in [-0.4, -0.2) is 65.5 Å². The van der Waals surface area contributed by atoms with Gasteiger partial charge in [-0.2, -0.15) is 0 Å². The third kappa shape index (κ3) is 5.11. The van der Waals surface area contributed by atoms with Crippen LogP contribution in [0.25, 0.3) is 0 Å². The molecule has 2 saturated heterocycles. The number of benzene rings is 1. The summed E-state index contributed by atoms with van der Waals surface area (Å²) in [5, 5.41) is 9.35. The third-order valence-corrected chi connectivity index (χ3v) is 6.51. The van der Waals surface area contributed by atoms with Crippen molar-refractivity contribution in [2.24, 2.45) is 17.6 Å². The highest BCUT2D eigenvalue weighted by Crippen LogP contribution is 2.33. The summed E-state index contributed by atoms with van der Waals surface area (Å²) in [5.74, 6) is 0.159. The second-order valence-corrected chi connectivity index (χ2v) is 8.66. The van der Waals surface area contributed by atoms with Gasteiger partial charge in [0.2, 0.25) is 5.91 Å². The Morgan fingerprint density at radius 3 is 2.11 bits per heavy atom. The predicted octanol–water partition coefficient (Wildman–Crippen LogP) is 1.98. The maximum Gasteiger partial charge on any atom is 0.305 e. The van der Waals surface area contributed by atoms with Gasteiger partial charge >= 0.3 is 5.97 Å². The Morgan fingerprint density at radius 1 is 1.04 bits per heavy atom. The number of rotatable bonds is 6. The summed E-state index contributed by atoms with van der Waals surface area (Å²) < 4.78 is 0. The Balaban J connectivity index is 1.62. The number of amides is 1. The van der Waals surface area contributed by atoms with Crippen molar-refractivity contribution in [2.45, 2.75) is 44.1 Å². The molecule has 2 aliphatic rings. The molecule has 6 heteroatoms. The normalized spacial score (nSPS) is 22.0. The SMILES string of the molecule is CN1CCC(C2CCN(C(=O)[C@@](N)(CC(=O)O)Cc3ccccc3)CC2)CC1. The van der Waals surface area contributed by atoms with Gasteiger partial charge in [-0.25, -0.2) is 0 Å². The number of carboxylic acids is 1. The van der Waals surface area contributed by atoms with Crippen molar-refractivity contribution in [3.8, 4) is 0 Å². The molecule has 1 atom stereocenters. The lowest BCUT2D eigenvalue weighted by Crippen LogP contribution is -2.59. The highest BCUT2D eigenvalue weighted by Gasteiger charge is 2.41. The third-order valence-electron chi connectivity index (χ3n) is 6.51. The standard InChI is InChI=1S/C22H33N3O3/c1-24-11-7-18(8-12-24)19-9-13-25(14-10-19)21(28)22(23,16-20(26)27)15-17-5-3-2-4-6-17/h2-6,18-19H,7-16,23H2,1H3,(H,26,27)/t22-/m0/s1. The minimum Gasteiger partial charge on any atom is -0.481 e. The van der Waals surface area contributed by atoms with E-state index in [1.165, 1.54) is 12.8 Å². The lowest BCUT2D eigenvalue weighted by atomic mass is 9.78. The number of carbonyl (C=O) groups excluding carboxylic acids is 1. The van der Waals surface area contributed by atoms with E-state index in [0.717, 1.165) is 37.4 Å². The fourth-order valence-electron chi connectivity index (χ4n) is 4.83. The second-order valence-electron chi connectivity index (χ2n) is 8.66. The van der Waals surface area contributed by atoms with Crippen LogP contribution in [0.5, 0.6) is 0 Å². The molecular weight excluding hydrogens is 354 g/mol. The molecule has 0 bridgehead atoms. The number of nitrogens with zero attached hydrogens (tertiary/aromatic N) is 2. The van der Waals surface area contributed by atoms with Crippen LogP contribution in [0.3, 0.4) is 0 Å². The van der Waals surface area contributed by atoms with Crippen LogP contribution in [-0.2, 0) is 16.0 Å². The average Bonchev–Trinajstić information content (AvgIpc) is 2.68. The molecule has 1 amide bonds. The van der Waals surface area contributed by atoms with E-state index in [0.29, 0.717) is 19.0 Å². The topological polar surface area (TPSA) is 86.9 Å². The molecule has 154 valence electrons. The molecule has 2 aliphatic heterocycles. The number of carbonyl (C=O) groups is 2. The van der Waals surface area contributed by atoms with E-state index in [2.05, 4.69) is 11.9 Å². The second kappa shape index (κ2) is 9.05. The van der Waals surface area contributed by atoms with Gasteiger partial charge in [0.1, 0.15) is 5.54 Å². The van der Waals surface area contributed by atoms with Gasteiger partial charge in [-0.3, -0.25) is 9.59 Å². The van der Waals surface area contributed by atoms with E-state index < -0.39 is 11.5 Å². The van der Waals surface area contributed by atoms with Crippen LogP contribution >= 0.6 is 0 Å². The van der Waals surface area contributed by atoms with Crippen LogP contribution in [0, 0.1) is 11.8 Å². The highest BCUT2D eigenvalue weighted by molar-refractivity contribution is 5.90. The van der Waals surface area contributed by atoms with Gasteiger partial charge in [0.15, 0.2) is 0 Å². The Morgan fingerprint density at radius 2 is 1.57 bits per heavy atom. The molecule has 0 radical (unpaired) electrons. The Kier molecular flexibility index (Phi) is 6.73. The summed E-state index contributed by atoms with van der Waals surface area (Å²) in [7, 11) is 2.17. The molecule has 3 N–H and O–H groups in total. The van der Waals surface area contributed by atoms with E-state index in [4.69, 9.17) is 5.73 Å². The summed E-state index contributed by atoms with van der Waals surface area (Å²) >= 11 is 0. The van der Waals surface area contributed by atoms with Crippen LogP contribution in [0.4, 0.5) is 0 Å². The first-order valence-corrected chi connectivity index (χ1v) is 10.4. The van der Waals surface area contributed by atoms with Crippen molar-refractivity contribution in [3.63, 3.8) is 0 Å². The van der Waals surface area contributed by atoms with Crippen molar-refractivity contribution >= 4 is 11.9 Å². The van der Waals surface area contributed by atoms with Crippen LogP contribution in [0.15, 0.2) is 30.3 Å². The van der Waals surface area contributed by atoms with E-state index in [-0.39, 0.29) is 18.7 Å². The molecule has 0 saturated carbocycles. The first-order chi connectivity index (χ1) is 13.4. The number of likely N-dealkylation sites (tertiary alicyclic amines) is 2. The summed E-state index contributed by atoms with van der Waals surface area (Å²) in [5.41, 5.74) is 5.91.